The van der Waals surface area contributed by atoms with Crippen LogP contribution in [0, 0.1) is 5.92 Å². The zero-order valence-electron chi connectivity index (χ0n) is 13.6. The summed E-state index contributed by atoms with van der Waals surface area (Å²) in [6.07, 6.45) is 5.12. The summed E-state index contributed by atoms with van der Waals surface area (Å²) in [5.41, 5.74) is 8.56. The van der Waals surface area contributed by atoms with E-state index in [0.717, 1.165) is 5.69 Å². The Morgan fingerprint density at radius 3 is 2.43 bits per heavy atom. The van der Waals surface area contributed by atoms with Gasteiger partial charge in [0.1, 0.15) is 0 Å². The molecule has 1 fully saturated rings. The van der Waals surface area contributed by atoms with Gasteiger partial charge < -0.3 is 15.5 Å². The zero-order valence-corrected chi connectivity index (χ0v) is 13.6. The fraction of sp³-hybridized carbons (Fsp3) is 0.588. The van der Waals surface area contributed by atoms with Crippen molar-refractivity contribution < 1.29 is 4.79 Å². The molecule has 2 N–H and O–H groups in total. The number of hydrogen-bond donors (Lipinski definition) is 1. The molecule has 116 valence electrons. The minimum Gasteiger partial charge on any atom is -0.397 e. The van der Waals surface area contributed by atoms with Gasteiger partial charge in [0.25, 0.3) is 5.91 Å². The number of hydrogen-bond acceptors (Lipinski definition) is 3. The van der Waals surface area contributed by atoms with Crippen LogP contribution in [0.5, 0.6) is 0 Å². The van der Waals surface area contributed by atoms with Gasteiger partial charge in [0.15, 0.2) is 0 Å². The SMILES string of the molecule is CC1CCCCC1N(C)c1ccc(C(=O)N(C)C)cc1N. The average Bonchev–Trinajstić information content (AvgIpc) is 2.46. The highest BCUT2D eigenvalue weighted by Gasteiger charge is 2.26. The summed E-state index contributed by atoms with van der Waals surface area (Å²) in [5, 5.41) is 0. The number of carbonyl (C=O) groups excluding carboxylic acids is 1. The molecule has 4 heteroatoms. The highest BCUT2D eigenvalue weighted by Crippen LogP contribution is 2.33. The molecule has 1 aliphatic carbocycles. The van der Waals surface area contributed by atoms with E-state index in [0.29, 0.717) is 23.2 Å². The molecule has 1 aromatic rings. The quantitative estimate of drug-likeness (QED) is 0.870. The van der Waals surface area contributed by atoms with E-state index < -0.39 is 0 Å². The Balaban J connectivity index is 2.22. The van der Waals surface area contributed by atoms with Crippen molar-refractivity contribution >= 4 is 17.3 Å². The molecule has 0 heterocycles. The normalized spacial score (nSPS) is 21.9. The Hall–Kier alpha value is -1.71. The van der Waals surface area contributed by atoms with Crippen molar-refractivity contribution in [1.29, 1.82) is 0 Å². The van der Waals surface area contributed by atoms with Gasteiger partial charge in [0.2, 0.25) is 0 Å². The van der Waals surface area contributed by atoms with Crippen LogP contribution in [-0.2, 0) is 0 Å². The first-order valence-electron chi connectivity index (χ1n) is 7.76. The molecule has 0 saturated heterocycles. The second-order valence-electron chi connectivity index (χ2n) is 6.41. The fourth-order valence-electron chi connectivity index (χ4n) is 3.32. The van der Waals surface area contributed by atoms with Gasteiger partial charge >= 0.3 is 0 Å². The minimum atomic E-state index is -0.0121. The lowest BCUT2D eigenvalue weighted by atomic mass is 9.85. The maximum atomic E-state index is 12.0. The lowest BCUT2D eigenvalue weighted by molar-refractivity contribution is 0.0827. The van der Waals surface area contributed by atoms with Crippen LogP contribution in [0.4, 0.5) is 11.4 Å². The molecule has 2 rings (SSSR count). The number of nitrogen functional groups attached to an aromatic ring is 1. The van der Waals surface area contributed by atoms with Crippen LogP contribution in [0.1, 0.15) is 43.0 Å². The van der Waals surface area contributed by atoms with E-state index in [4.69, 9.17) is 5.73 Å². The monoisotopic (exact) mass is 289 g/mol. The first kappa shape index (κ1) is 15.7. The second kappa shape index (κ2) is 6.37. The Morgan fingerprint density at radius 2 is 1.86 bits per heavy atom. The summed E-state index contributed by atoms with van der Waals surface area (Å²) in [7, 11) is 5.62. The van der Waals surface area contributed by atoms with Crippen LogP contribution in [0.15, 0.2) is 18.2 Å². The van der Waals surface area contributed by atoms with Crippen molar-refractivity contribution in [2.75, 3.05) is 31.8 Å². The number of nitrogens with zero attached hydrogens (tertiary/aromatic N) is 2. The van der Waals surface area contributed by atoms with Gasteiger partial charge in [0, 0.05) is 32.7 Å². The molecule has 1 amide bonds. The molecule has 4 nitrogen and oxygen atoms in total. The van der Waals surface area contributed by atoms with Gasteiger partial charge in [-0.05, 0) is 37.0 Å². The fourth-order valence-corrected chi connectivity index (χ4v) is 3.32. The van der Waals surface area contributed by atoms with Crippen LogP contribution >= 0.6 is 0 Å². The summed E-state index contributed by atoms with van der Waals surface area (Å²) in [6.45, 7) is 2.32. The van der Waals surface area contributed by atoms with Crippen molar-refractivity contribution in [3.05, 3.63) is 23.8 Å². The highest BCUT2D eigenvalue weighted by atomic mass is 16.2. The van der Waals surface area contributed by atoms with E-state index in [9.17, 15) is 4.79 Å². The molecule has 0 spiro atoms. The zero-order chi connectivity index (χ0) is 15.6. The number of amides is 1. The number of rotatable bonds is 3. The molecule has 0 radical (unpaired) electrons. The smallest absolute Gasteiger partial charge is 0.253 e. The van der Waals surface area contributed by atoms with E-state index >= 15 is 0 Å². The molecule has 1 aromatic carbocycles. The molecule has 1 saturated carbocycles. The predicted octanol–water partition coefficient (Wildman–Crippen LogP) is 2.99. The van der Waals surface area contributed by atoms with E-state index in [1.165, 1.54) is 25.7 Å². The Bertz CT molecular complexity index is 513. The third kappa shape index (κ3) is 3.31. The summed E-state index contributed by atoms with van der Waals surface area (Å²) in [5.74, 6) is 0.674. The van der Waals surface area contributed by atoms with E-state index in [2.05, 4.69) is 18.9 Å². The molecule has 1 aliphatic rings. The molecule has 0 aromatic heterocycles. The molecule has 2 unspecified atom stereocenters. The molecule has 0 bridgehead atoms. The minimum absolute atomic E-state index is 0.0121. The lowest BCUT2D eigenvalue weighted by Crippen LogP contribution is -2.39. The summed E-state index contributed by atoms with van der Waals surface area (Å²) < 4.78 is 0. The standard InChI is InChI=1S/C17H27N3O/c1-12-7-5-6-8-15(12)20(4)16-10-9-13(11-14(16)18)17(21)19(2)3/h9-12,15H,5-8,18H2,1-4H3. The van der Waals surface area contributed by atoms with Crippen molar-refractivity contribution in [3.8, 4) is 0 Å². The van der Waals surface area contributed by atoms with Crippen LogP contribution in [0.25, 0.3) is 0 Å². The highest BCUT2D eigenvalue weighted by molar-refractivity contribution is 5.95. The van der Waals surface area contributed by atoms with Crippen LogP contribution in [-0.4, -0.2) is 38.0 Å². The van der Waals surface area contributed by atoms with Crippen molar-refractivity contribution in [2.45, 2.75) is 38.6 Å². The molecule has 2 atom stereocenters. The van der Waals surface area contributed by atoms with Crippen LogP contribution in [0.3, 0.4) is 0 Å². The van der Waals surface area contributed by atoms with Gasteiger partial charge in [-0.2, -0.15) is 0 Å². The number of nitrogens with two attached hydrogens (primary N) is 1. The van der Waals surface area contributed by atoms with Gasteiger partial charge in [-0.15, -0.1) is 0 Å². The first-order valence-corrected chi connectivity index (χ1v) is 7.76. The van der Waals surface area contributed by atoms with Crippen molar-refractivity contribution in [2.24, 2.45) is 5.92 Å². The summed E-state index contributed by atoms with van der Waals surface area (Å²) in [4.78, 5) is 15.9. The van der Waals surface area contributed by atoms with Crippen LogP contribution < -0.4 is 10.6 Å². The summed E-state index contributed by atoms with van der Waals surface area (Å²) in [6, 6.07) is 6.18. The number of carbonyl (C=O) groups is 1. The molecular formula is C17H27N3O. The Kier molecular flexibility index (Phi) is 4.76. The predicted molar refractivity (Wildman–Crippen MR) is 88.7 cm³/mol. The number of anilines is 2. The Morgan fingerprint density at radius 1 is 1.19 bits per heavy atom. The molecule has 21 heavy (non-hydrogen) atoms. The third-order valence-corrected chi connectivity index (χ3v) is 4.62. The third-order valence-electron chi connectivity index (χ3n) is 4.62. The van der Waals surface area contributed by atoms with Gasteiger partial charge in [-0.1, -0.05) is 19.8 Å². The summed E-state index contributed by atoms with van der Waals surface area (Å²) >= 11 is 0. The van der Waals surface area contributed by atoms with E-state index in [1.54, 1.807) is 25.1 Å². The topological polar surface area (TPSA) is 49.6 Å². The maximum absolute atomic E-state index is 12.0. The maximum Gasteiger partial charge on any atom is 0.253 e. The first-order chi connectivity index (χ1) is 9.91. The van der Waals surface area contributed by atoms with Crippen LogP contribution in [0.2, 0.25) is 0 Å². The van der Waals surface area contributed by atoms with E-state index in [-0.39, 0.29) is 5.91 Å². The average molecular weight is 289 g/mol. The van der Waals surface area contributed by atoms with Crippen molar-refractivity contribution in [3.63, 3.8) is 0 Å². The van der Waals surface area contributed by atoms with E-state index in [1.807, 2.05) is 12.1 Å². The Labute approximate surface area is 127 Å². The molecule has 0 aliphatic heterocycles. The lowest BCUT2D eigenvalue weighted by Gasteiger charge is -2.38. The largest absolute Gasteiger partial charge is 0.397 e. The molecular weight excluding hydrogens is 262 g/mol. The van der Waals surface area contributed by atoms with Gasteiger partial charge in [0.05, 0.1) is 11.4 Å². The van der Waals surface area contributed by atoms with Crippen molar-refractivity contribution in [1.82, 2.24) is 4.90 Å². The number of benzene rings is 1. The second-order valence-corrected chi connectivity index (χ2v) is 6.41. The van der Waals surface area contributed by atoms with Gasteiger partial charge in [-0.25, -0.2) is 0 Å². The van der Waals surface area contributed by atoms with Gasteiger partial charge in [-0.3, -0.25) is 4.79 Å².